The lowest BCUT2D eigenvalue weighted by Gasteiger charge is -2.12. The van der Waals surface area contributed by atoms with E-state index in [4.69, 9.17) is 16.3 Å². The van der Waals surface area contributed by atoms with Crippen molar-refractivity contribution in [2.24, 2.45) is 17.8 Å². The van der Waals surface area contributed by atoms with Crippen molar-refractivity contribution in [2.45, 2.75) is 19.3 Å². The normalized spacial score (nSPS) is 32.5. The van der Waals surface area contributed by atoms with Gasteiger partial charge in [0.05, 0.1) is 13.2 Å². The molecule has 86 valence electrons. The summed E-state index contributed by atoms with van der Waals surface area (Å²) in [4.78, 5) is 11.7. The third-order valence-corrected chi connectivity index (χ3v) is 3.54. The Hall–Kier alpha value is -0.280. The van der Waals surface area contributed by atoms with Crippen LogP contribution in [0.5, 0.6) is 0 Å². The zero-order valence-electron chi connectivity index (χ0n) is 8.88. The molecule has 4 heteroatoms. The second kappa shape index (κ2) is 5.17. The summed E-state index contributed by atoms with van der Waals surface area (Å²) in [6.45, 7) is 1.74. The van der Waals surface area contributed by atoms with Crippen LogP contribution < -0.4 is 5.32 Å². The van der Waals surface area contributed by atoms with Crippen molar-refractivity contribution in [2.75, 3.05) is 25.6 Å². The maximum atomic E-state index is 11.7. The van der Waals surface area contributed by atoms with Crippen molar-refractivity contribution in [1.82, 2.24) is 5.32 Å². The van der Waals surface area contributed by atoms with Crippen molar-refractivity contribution in [1.29, 1.82) is 0 Å². The lowest BCUT2D eigenvalue weighted by molar-refractivity contribution is -0.125. The van der Waals surface area contributed by atoms with Gasteiger partial charge in [-0.1, -0.05) is 0 Å². The molecule has 2 saturated carbocycles. The van der Waals surface area contributed by atoms with Gasteiger partial charge in [0.1, 0.15) is 0 Å². The highest BCUT2D eigenvalue weighted by Crippen LogP contribution is 2.54. The van der Waals surface area contributed by atoms with Gasteiger partial charge in [0.15, 0.2) is 0 Å². The standard InChI is InChI=1S/C11H18ClNO2/c12-1-3-15-4-2-13-11(14)10-6-8-5-9(8)7-10/h8-10H,1-7H2,(H,13,14). The Bertz CT molecular complexity index is 225. The van der Waals surface area contributed by atoms with Crippen LogP contribution >= 0.6 is 11.6 Å². The highest BCUT2D eigenvalue weighted by Gasteiger charge is 2.47. The highest BCUT2D eigenvalue weighted by molar-refractivity contribution is 6.17. The molecule has 3 nitrogen and oxygen atoms in total. The van der Waals surface area contributed by atoms with E-state index in [1.807, 2.05) is 0 Å². The minimum absolute atomic E-state index is 0.219. The molecule has 2 rings (SSSR count). The monoisotopic (exact) mass is 231 g/mol. The Balaban J connectivity index is 1.53. The summed E-state index contributed by atoms with van der Waals surface area (Å²) in [6.07, 6.45) is 3.58. The SMILES string of the molecule is O=C(NCCOCCCl)C1CC2CC2C1. The molecule has 15 heavy (non-hydrogen) atoms. The quantitative estimate of drug-likeness (QED) is 0.555. The van der Waals surface area contributed by atoms with Gasteiger partial charge in [-0.05, 0) is 31.1 Å². The molecule has 0 aromatic carbocycles. The lowest BCUT2D eigenvalue weighted by Crippen LogP contribution is -2.32. The van der Waals surface area contributed by atoms with Gasteiger partial charge >= 0.3 is 0 Å². The molecule has 2 unspecified atom stereocenters. The predicted molar refractivity (Wildman–Crippen MR) is 58.9 cm³/mol. The van der Waals surface area contributed by atoms with Gasteiger partial charge in [-0.15, -0.1) is 11.6 Å². The Kier molecular flexibility index (Phi) is 3.87. The molecule has 0 bridgehead atoms. The molecule has 2 atom stereocenters. The van der Waals surface area contributed by atoms with E-state index in [2.05, 4.69) is 5.32 Å². The molecule has 0 aliphatic heterocycles. The van der Waals surface area contributed by atoms with Gasteiger partial charge in [0, 0.05) is 18.3 Å². The number of halogens is 1. The maximum Gasteiger partial charge on any atom is 0.223 e. The molecular weight excluding hydrogens is 214 g/mol. The molecule has 1 amide bonds. The van der Waals surface area contributed by atoms with E-state index in [1.54, 1.807) is 0 Å². The third kappa shape index (κ3) is 3.08. The van der Waals surface area contributed by atoms with Gasteiger partial charge in [-0.3, -0.25) is 4.79 Å². The molecular formula is C11H18ClNO2. The van der Waals surface area contributed by atoms with Gasteiger partial charge < -0.3 is 10.1 Å². The number of alkyl halides is 1. The van der Waals surface area contributed by atoms with Gasteiger partial charge in [0.25, 0.3) is 0 Å². The molecule has 0 radical (unpaired) electrons. The third-order valence-electron chi connectivity index (χ3n) is 3.38. The first-order chi connectivity index (χ1) is 7.31. The first-order valence-corrected chi connectivity index (χ1v) is 6.26. The lowest BCUT2D eigenvalue weighted by atomic mass is 10.0. The second-order valence-corrected chi connectivity index (χ2v) is 4.89. The molecule has 2 fully saturated rings. The van der Waals surface area contributed by atoms with Crippen LogP contribution in [-0.2, 0) is 9.53 Å². The van der Waals surface area contributed by atoms with Crippen molar-refractivity contribution in [3.63, 3.8) is 0 Å². The fourth-order valence-corrected chi connectivity index (χ4v) is 2.59. The largest absolute Gasteiger partial charge is 0.378 e. The minimum atomic E-state index is 0.219. The predicted octanol–water partition coefficient (Wildman–Crippen LogP) is 1.40. The average molecular weight is 232 g/mol. The number of carbonyl (C=O) groups is 1. The van der Waals surface area contributed by atoms with E-state index in [-0.39, 0.29) is 11.8 Å². The number of nitrogens with one attached hydrogen (secondary N) is 1. The van der Waals surface area contributed by atoms with E-state index in [0.29, 0.717) is 25.6 Å². The highest BCUT2D eigenvalue weighted by atomic mass is 35.5. The molecule has 2 aliphatic rings. The van der Waals surface area contributed by atoms with Crippen molar-refractivity contribution in [3.05, 3.63) is 0 Å². The van der Waals surface area contributed by atoms with E-state index >= 15 is 0 Å². The van der Waals surface area contributed by atoms with E-state index < -0.39 is 0 Å². The molecule has 1 N–H and O–H groups in total. The number of hydrogen-bond acceptors (Lipinski definition) is 2. The van der Waals surface area contributed by atoms with Gasteiger partial charge in [0.2, 0.25) is 5.91 Å². The molecule has 0 aromatic rings. The summed E-state index contributed by atoms with van der Waals surface area (Å²) < 4.78 is 5.18. The van der Waals surface area contributed by atoms with Crippen molar-refractivity contribution >= 4 is 17.5 Å². The van der Waals surface area contributed by atoms with E-state index in [0.717, 1.165) is 24.7 Å². The van der Waals surface area contributed by atoms with Crippen molar-refractivity contribution < 1.29 is 9.53 Å². The summed E-state index contributed by atoms with van der Waals surface area (Å²) in [7, 11) is 0. The molecule has 0 heterocycles. The Morgan fingerprint density at radius 3 is 2.67 bits per heavy atom. The Morgan fingerprint density at radius 1 is 1.27 bits per heavy atom. The Labute approximate surface area is 95.5 Å². The van der Waals surface area contributed by atoms with Crippen LogP contribution in [0.1, 0.15) is 19.3 Å². The molecule has 0 spiro atoms. The number of hydrogen-bond donors (Lipinski definition) is 1. The topological polar surface area (TPSA) is 38.3 Å². The minimum Gasteiger partial charge on any atom is -0.378 e. The summed E-state index contributed by atoms with van der Waals surface area (Å²) in [5.74, 6) is 2.75. The summed E-state index contributed by atoms with van der Waals surface area (Å²) >= 11 is 5.46. The summed E-state index contributed by atoms with van der Waals surface area (Å²) in [5.41, 5.74) is 0. The average Bonchev–Trinajstić information content (AvgIpc) is 2.85. The van der Waals surface area contributed by atoms with Crippen LogP contribution in [0, 0.1) is 17.8 Å². The van der Waals surface area contributed by atoms with Crippen molar-refractivity contribution in [3.8, 4) is 0 Å². The summed E-state index contributed by atoms with van der Waals surface area (Å²) in [6, 6.07) is 0. The fourth-order valence-electron chi connectivity index (χ4n) is 2.48. The first kappa shape index (κ1) is 11.2. The molecule has 2 aliphatic carbocycles. The maximum absolute atomic E-state index is 11.7. The zero-order valence-corrected chi connectivity index (χ0v) is 9.63. The van der Waals surface area contributed by atoms with Gasteiger partial charge in [-0.2, -0.15) is 0 Å². The zero-order chi connectivity index (χ0) is 10.7. The molecule has 0 aromatic heterocycles. The number of rotatable bonds is 6. The number of amides is 1. The van der Waals surface area contributed by atoms with E-state index in [9.17, 15) is 4.79 Å². The van der Waals surface area contributed by atoms with Crippen LogP contribution in [-0.4, -0.2) is 31.5 Å². The van der Waals surface area contributed by atoms with Crippen LogP contribution in [0.4, 0.5) is 0 Å². The smallest absolute Gasteiger partial charge is 0.223 e. The number of ether oxygens (including phenoxy) is 1. The van der Waals surface area contributed by atoms with Crippen LogP contribution in [0.15, 0.2) is 0 Å². The first-order valence-electron chi connectivity index (χ1n) is 5.72. The Morgan fingerprint density at radius 2 is 2.00 bits per heavy atom. The molecule has 0 saturated heterocycles. The van der Waals surface area contributed by atoms with Crippen LogP contribution in [0.2, 0.25) is 0 Å². The van der Waals surface area contributed by atoms with Crippen LogP contribution in [0.3, 0.4) is 0 Å². The fraction of sp³-hybridized carbons (Fsp3) is 0.909. The summed E-state index contributed by atoms with van der Waals surface area (Å²) in [5, 5.41) is 2.92. The van der Waals surface area contributed by atoms with E-state index in [1.165, 1.54) is 6.42 Å². The number of carbonyl (C=O) groups excluding carboxylic acids is 1. The van der Waals surface area contributed by atoms with Crippen LogP contribution in [0.25, 0.3) is 0 Å². The number of fused-ring (bicyclic) bond motifs is 1. The second-order valence-electron chi connectivity index (χ2n) is 4.52. The van der Waals surface area contributed by atoms with Gasteiger partial charge in [-0.25, -0.2) is 0 Å².